The summed E-state index contributed by atoms with van der Waals surface area (Å²) in [6.45, 7) is 6.17. The van der Waals surface area contributed by atoms with Gasteiger partial charge >= 0.3 is 0 Å². The number of benzene rings is 2. The molecule has 0 atom stereocenters. The lowest BCUT2D eigenvalue weighted by Crippen LogP contribution is -2.20. The van der Waals surface area contributed by atoms with E-state index in [1.807, 2.05) is 63.2 Å². The molecule has 0 unspecified atom stereocenters. The van der Waals surface area contributed by atoms with Gasteiger partial charge in [-0.1, -0.05) is 51.1 Å². The standard InChI is InChI=1S/C21H23N3O/c1-21(2,3)20(25)17-9-8-15(14-7-5-4-6-13(14)12-22)16-10-11-18(23)24-19(16)17/h4-11H,12,22H2,1-3H3,(H2,23,24). The minimum absolute atomic E-state index is 0.0502. The van der Waals surface area contributed by atoms with Crippen molar-refractivity contribution in [2.24, 2.45) is 11.1 Å². The predicted octanol–water partition coefficient (Wildman–Crippen LogP) is 4.17. The van der Waals surface area contributed by atoms with Crippen LogP contribution in [0.2, 0.25) is 0 Å². The van der Waals surface area contributed by atoms with Gasteiger partial charge in [0.25, 0.3) is 0 Å². The van der Waals surface area contributed by atoms with Gasteiger partial charge in [-0.05, 0) is 34.9 Å². The van der Waals surface area contributed by atoms with Crippen molar-refractivity contribution in [2.75, 3.05) is 5.73 Å². The quantitative estimate of drug-likeness (QED) is 0.705. The summed E-state index contributed by atoms with van der Waals surface area (Å²) >= 11 is 0. The molecule has 4 heteroatoms. The third-order valence-electron chi connectivity index (χ3n) is 4.33. The van der Waals surface area contributed by atoms with E-state index >= 15 is 0 Å². The first kappa shape index (κ1) is 17.1. The summed E-state index contributed by atoms with van der Waals surface area (Å²) in [6.07, 6.45) is 0. The van der Waals surface area contributed by atoms with E-state index in [-0.39, 0.29) is 5.78 Å². The molecule has 25 heavy (non-hydrogen) atoms. The molecule has 0 saturated carbocycles. The molecule has 1 heterocycles. The zero-order valence-electron chi connectivity index (χ0n) is 14.8. The molecule has 0 spiro atoms. The molecule has 0 aliphatic heterocycles. The van der Waals surface area contributed by atoms with Crippen LogP contribution in [0.3, 0.4) is 0 Å². The van der Waals surface area contributed by atoms with E-state index < -0.39 is 5.41 Å². The highest BCUT2D eigenvalue weighted by Gasteiger charge is 2.26. The van der Waals surface area contributed by atoms with Crippen molar-refractivity contribution in [3.05, 3.63) is 59.7 Å². The second kappa shape index (κ2) is 6.30. The summed E-state index contributed by atoms with van der Waals surface area (Å²) in [5.74, 6) is 0.453. The Morgan fingerprint density at radius 2 is 1.72 bits per heavy atom. The first-order chi connectivity index (χ1) is 11.8. The molecule has 0 bridgehead atoms. The van der Waals surface area contributed by atoms with Crippen LogP contribution in [0.5, 0.6) is 0 Å². The van der Waals surface area contributed by atoms with Crippen molar-refractivity contribution in [3.8, 4) is 11.1 Å². The van der Waals surface area contributed by atoms with Gasteiger partial charge in [-0.15, -0.1) is 0 Å². The Kier molecular flexibility index (Phi) is 4.31. The number of ketones is 1. The molecule has 0 amide bonds. The first-order valence-corrected chi connectivity index (χ1v) is 8.35. The number of nitrogen functional groups attached to an aromatic ring is 1. The molecule has 4 N–H and O–H groups in total. The van der Waals surface area contributed by atoms with E-state index in [0.29, 0.717) is 23.4 Å². The number of carbonyl (C=O) groups is 1. The lowest BCUT2D eigenvalue weighted by Gasteiger charge is -2.19. The van der Waals surface area contributed by atoms with Crippen LogP contribution >= 0.6 is 0 Å². The average Bonchev–Trinajstić information content (AvgIpc) is 2.59. The Hall–Kier alpha value is -2.72. The smallest absolute Gasteiger partial charge is 0.170 e. The van der Waals surface area contributed by atoms with Gasteiger partial charge in [0, 0.05) is 22.9 Å². The third kappa shape index (κ3) is 3.13. The van der Waals surface area contributed by atoms with Crippen LogP contribution in [0.25, 0.3) is 22.0 Å². The number of carbonyl (C=O) groups excluding carboxylic acids is 1. The molecular formula is C21H23N3O. The molecule has 128 valence electrons. The fraction of sp³-hybridized carbons (Fsp3) is 0.238. The summed E-state index contributed by atoms with van der Waals surface area (Å²) in [5.41, 5.74) is 15.7. The maximum absolute atomic E-state index is 12.9. The van der Waals surface area contributed by atoms with E-state index in [1.165, 1.54) is 0 Å². The molecule has 0 saturated heterocycles. The number of hydrogen-bond donors (Lipinski definition) is 2. The minimum Gasteiger partial charge on any atom is -0.384 e. The highest BCUT2D eigenvalue weighted by molar-refractivity contribution is 6.12. The van der Waals surface area contributed by atoms with Crippen LogP contribution in [0, 0.1) is 5.41 Å². The molecular weight excluding hydrogens is 310 g/mol. The Balaban J connectivity index is 2.33. The third-order valence-corrected chi connectivity index (χ3v) is 4.33. The first-order valence-electron chi connectivity index (χ1n) is 8.35. The van der Waals surface area contributed by atoms with Crippen LogP contribution in [-0.4, -0.2) is 10.8 Å². The van der Waals surface area contributed by atoms with Crippen molar-refractivity contribution in [1.82, 2.24) is 4.98 Å². The van der Waals surface area contributed by atoms with Gasteiger partial charge in [-0.25, -0.2) is 4.98 Å². The van der Waals surface area contributed by atoms with Crippen LogP contribution in [0.4, 0.5) is 5.82 Å². The van der Waals surface area contributed by atoms with Crippen LogP contribution < -0.4 is 11.5 Å². The van der Waals surface area contributed by atoms with Gasteiger partial charge in [-0.2, -0.15) is 0 Å². The summed E-state index contributed by atoms with van der Waals surface area (Å²) in [5, 5.41) is 0.908. The summed E-state index contributed by atoms with van der Waals surface area (Å²) < 4.78 is 0. The molecule has 0 fully saturated rings. The molecule has 0 aliphatic carbocycles. The van der Waals surface area contributed by atoms with Crippen molar-refractivity contribution in [1.29, 1.82) is 0 Å². The summed E-state index contributed by atoms with van der Waals surface area (Å²) in [6, 6.07) is 15.5. The van der Waals surface area contributed by atoms with E-state index in [1.54, 1.807) is 6.07 Å². The van der Waals surface area contributed by atoms with Gasteiger partial charge in [0.2, 0.25) is 0 Å². The molecule has 2 aromatic carbocycles. The number of pyridine rings is 1. The fourth-order valence-electron chi connectivity index (χ4n) is 3.02. The van der Waals surface area contributed by atoms with Gasteiger partial charge in [-0.3, -0.25) is 4.79 Å². The van der Waals surface area contributed by atoms with E-state index in [2.05, 4.69) is 4.98 Å². The zero-order chi connectivity index (χ0) is 18.2. The molecule has 4 nitrogen and oxygen atoms in total. The van der Waals surface area contributed by atoms with Gasteiger partial charge in [0.15, 0.2) is 5.78 Å². The van der Waals surface area contributed by atoms with E-state index in [4.69, 9.17) is 11.5 Å². The summed E-state index contributed by atoms with van der Waals surface area (Å²) in [4.78, 5) is 17.3. The SMILES string of the molecule is CC(C)(C)C(=O)c1ccc(-c2ccccc2CN)c2ccc(N)nc12. The average molecular weight is 333 g/mol. The Labute approximate surface area is 147 Å². The molecule has 3 aromatic rings. The monoisotopic (exact) mass is 333 g/mol. The minimum atomic E-state index is -0.490. The highest BCUT2D eigenvalue weighted by atomic mass is 16.1. The van der Waals surface area contributed by atoms with E-state index in [0.717, 1.165) is 22.1 Å². The molecule has 3 rings (SSSR count). The van der Waals surface area contributed by atoms with E-state index in [9.17, 15) is 4.79 Å². The van der Waals surface area contributed by atoms with Crippen LogP contribution in [0.1, 0.15) is 36.7 Å². The van der Waals surface area contributed by atoms with Crippen molar-refractivity contribution in [2.45, 2.75) is 27.3 Å². The summed E-state index contributed by atoms with van der Waals surface area (Å²) in [7, 11) is 0. The Bertz CT molecular complexity index is 955. The molecule has 0 aliphatic rings. The molecule has 1 aromatic heterocycles. The lowest BCUT2D eigenvalue weighted by atomic mass is 9.84. The van der Waals surface area contributed by atoms with Gasteiger partial charge in [0.05, 0.1) is 5.52 Å². The number of anilines is 1. The van der Waals surface area contributed by atoms with Gasteiger partial charge in [0.1, 0.15) is 5.82 Å². The zero-order valence-corrected chi connectivity index (χ0v) is 14.8. The fourth-order valence-corrected chi connectivity index (χ4v) is 3.02. The van der Waals surface area contributed by atoms with Crippen LogP contribution in [0.15, 0.2) is 48.5 Å². The Morgan fingerprint density at radius 3 is 2.40 bits per heavy atom. The topological polar surface area (TPSA) is 82.0 Å². The second-order valence-corrected chi connectivity index (χ2v) is 7.23. The maximum Gasteiger partial charge on any atom is 0.170 e. The largest absolute Gasteiger partial charge is 0.384 e. The number of aromatic nitrogens is 1. The molecule has 0 radical (unpaired) electrons. The lowest BCUT2D eigenvalue weighted by molar-refractivity contribution is 0.0860. The van der Waals surface area contributed by atoms with Crippen LogP contribution in [-0.2, 0) is 6.54 Å². The Morgan fingerprint density at radius 1 is 1.00 bits per heavy atom. The number of Topliss-reactive ketones (excluding diaryl/α,β-unsaturated/α-hetero) is 1. The van der Waals surface area contributed by atoms with Gasteiger partial charge < -0.3 is 11.5 Å². The number of hydrogen-bond acceptors (Lipinski definition) is 4. The number of fused-ring (bicyclic) bond motifs is 1. The number of rotatable bonds is 3. The number of nitrogens with zero attached hydrogens (tertiary/aromatic N) is 1. The maximum atomic E-state index is 12.9. The highest BCUT2D eigenvalue weighted by Crippen LogP contribution is 2.34. The second-order valence-electron chi connectivity index (χ2n) is 7.23. The normalized spacial score (nSPS) is 11.7. The van der Waals surface area contributed by atoms with Crippen molar-refractivity contribution >= 4 is 22.5 Å². The predicted molar refractivity (Wildman–Crippen MR) is 103 cm³/mol. The van der Waals surface area contributed by atoms with Crippen molar-refractivity contribution < 1.29 is 4.79 Å². The van der Waals surface area contributed by atoms with Crippen molar-refractivity contribution in [3.63, 3.8) is 0 Å². The number of nitrogens with two attached hydrogens (primary N) is 2.